The summed E-state index contributed by atoms with van der Waals surface area (Å²) >= 11 is 1.71. The molecule has 122 valence electrons. The highest BCUT2D eigenvalue weighted by atomic mass is 32.2. The Morgan fingerprint density at radius 2 is 2.00 bits per heavy atom. The number of thioether (sulfide) groups is 1. The molecule has 5 nitrogen and oxygen atoms in total. The molecule has 0 spiro atoms. The smallest absolute Gasteiger partial charge is 0.274 e. The van der Waals surface area contributed by atoms with Gasteiger partial charge < -0.3 is 5.32 Å². The zero-order chi connectivity index (χ0) is 16.9. The summed E-state index contributed by atoms with van der Waals surface area (Å²) in [6.07, 6.45) is 5.13. The summed E-state index contributed by atoms with van der Waals surface area (Å²) in [6, 6.07) is 13.2. The van der Waals surface area contributed by atoms with Crippen molar-refractivity contribution in [3.63, 3.8) is 0 Å². The van der Waals surface area contributed by atoms with Gasteiger partial charge in [-0.15, -0.1) is 11.8 Å². The highest BCUT2D eigenvalue weighted by molar-refractivity contribution is 8.00. The summed E-state index contributed by atoms with van der Waals surface area (Å²) in [5.74, 6) is -0.235. The van der Waals surface area contributed by atoms with Gasteiger partial charge in [-0.2, -0.15) is 5.10 Å². The molecular formula is C18H18N4OS. The fraction of sp³-hybridized carbons (Fsp3) is 0.167. The maximum absolute atomic E-state index is 12.6. The zero-order valence-electron chi connectivity index (χ0n) is 13.5. The van der Waals surface area contributed by atoms with Crippen molar-refractivity contribution >= 4 is 23.4 Å². The van der Waals surface area contributed by atoms with Crippen LogP contribution < -0.4 is 5.32 Å². The number of nitrogens with one attached hydrogen (secondary N) is 1. The van der Waals surface area contributed by atoms with Crippen molar-refractivity contribution in [2.45, 2.75) is 24.0 Å². The number of hydrogen-bond acceptors (Lipinski definition) is 4. The van der Waals surface area contributed by atoms with E-state index in [2.05, 4.69) is 29.2 Å². The molecule has 1 aromatic carbocycles. The number of carbonyl (C=O) groups is 1. The van der Waals surface area contributed by atoms with Crippen LogP contribution >= 0.6 is 11.8 Å². The topological polar surface area (TPSA) is 59.8 Å². The molecule has 0 radical (unpaired) electrons. The van der Waals surface area contributed by atoms with E-state index in [9.17, 15) is 4.79 Å². The van der Waals surface area contributed by atoms with E-state index in [1.165, 1.54) is 0 Å². The number of rotatable bonds is 5. The van der Waals surface area contributed by atoms with Gasteiger partial charge in [-0.05, 0) is 30.3 Å². The standard InChI is InChI=1S/C18H18N4OS/c1-13(2)24-17-7-4-3-6-15(17)21-18(23)16-12-14(8-10-19-16)22-11-5-9-20-22/h3-13H,1-2H3,(H,21,23). The minimum atomic E-state index is -0.235. The Morgan fingerprint density at radius 1 is 1.17 bits per heavy atom. The van der Waals surface area contributed by atoms with Gasteiger partial charge in [0, 0.05) is 28.7 Å². The number of hydrogen-bond donors (Lipinski definition) is 1. The van der Waals surface area contributed by atoms with Gasteiger partial charge in [0.15, 0.2) is 0 Å². The average Bonchev–Trinajstić information content (AvgIpc) is 3.11. The third-order valence-corrected chi connectivity index (χ3v) is 4.32. The third kappa shape index (κ3) is 3.83. The number of carbonyl (C=O) groups excluding carboxylic acids is 1. The van der Waals surface area contributed by atoms with Crippen LogP contribution in [0.2, 0.25) is 0 Å². The Morgan fingerprint density at radius 3 is 2.75 bits per heavy atom. The Balaban J connectivity index is 1.82. The van der Waals surface area contributed by atoms with Crippen LogP contribution in [0.5, 0.6) is 0 Å². The quantitative estimate of drug-likeness (QED) is 0.714. The number of amides is 1. The molecule has 3 rings (SSSR count). The van der Waals surface area contributed by atoms with Crippen molar-refractivity contribution in [1.29, 1.82) is 0 Å². The van der Waals surface area contributed by atoms with E-state index in [-0.39, 0.29) is 5.91 Å². The van der Waals surface area contributed by atoms with Crippen LogP contribution in [0.15, 0.2) is 66.0 Å². The van der Waals surface area contributed by atoms with Crippen molar-refractivity contribution in [2.24, 2.45) is 0 Å². The molecule has 0 unspecified atom stereocenters. The van der Waals surface area contributed by atoms with Crippen LogP contribution in [0.1, 0.15) is 24.3 Å². The second-order valence-electron chi connectivity index (χ2n) is 5.47. The molecule has 0 aliphatic heterocycles. The lowest BCUT2D eigenvalue weighted by Gasteiger charge is -2.12. The molecule has 3 aromatic rings. The highest BCUT2D eigenvalue weighted by Crippen LogP contribution is 2.30. The molecule has 0 fully saturated rings. The molecule has 1 amide bonds. The number of aromatic nitrogens is 3. The first-order valence-electron chi connectivity index (χ1n) is 7.66. The van der Waals surface area contributed by atoms with Crippen molar-refractivity contribution in [2.75, 3.05) is 5.32 Å². The molecule has 0 saturated carbocycles. The summed E-state index contributed by atoms with van der Waals surface area (Å²) in [5.41, 5.74) is 1.95. The van der Waals surface area contributed by atoms with Gasteiger partial charge in [-0.1, -0.05) is 26.0 Å². The molecular weight excluding hydrogens is 320 g/mol. The van der Waals surface area contributed by atoms with Crippen LogP contribution in [-0.2, 0) is 0 Å². The Labute approximate surface area is 145 Å². The van der Waals surface area contributed by atoms with Crippen LogP contribution in [-0.4, -0.2) is 25.9 Å². The van der Waals surface area contributed by atoms with Crippen LogP contribution in [0.4, 0.5) is 5.69 Å². The maximum Gasteiger partial charge on any atom is 0.274 e. The second-order valence-corrected chi connectivity index (χ2v) is 7.09. The Bertz CT molecular complexity index is 831. The summed E-state index contributed by atoms with van der Waals surface area (Å²) in [6.45, 7) is 4.25. The van der Waals surface area contributed by atoms with Gasteiger partial charge in [-0.3, -0.25) is 9.78 Å². The number of benzene rings is 1. The van der Waals surface area contributed by atoms with E-state index in [0.29, 0.717) is 10.9 Å². The first-order valence-corrected chi connectivity index (χ1v) is 8.54. The van der Waals surface area contributed by atoms with E-state index < -0.39 is 0 Å². The minimum Gasteiger partial charge on any atom is -0.320 e. The lowest BCUT2D eigenvalue weighted by atomic mass is 10.2. The molecule has 0 bridgehead atoms. The molecule has 0 aliphatic carbocycles. The van der Waals surface area contributed by atoms with Crippen molar-refractivity contribution < 1.29 is 4.79 Å². The summed E-state index contributed by atoms with van der Waals surface area (Å²) in [5, 5.41) is 7.56. The fourth-order valence-corrected chi connectivity index (χ4v) is 3.13. The fourth-order valence-electron chi connectivity index (χ4n) is 2.22. The van der Waals surface area contributed by atoms with Gasteiger partial charge >= 0.3 is 0 Å². The van der Waals surface area contributed by atoms with E-state index in [0.717, 1.165) is 16.3 Å². The van der Waals surface area contributed by atoms with Crippen molar-refractivity contribution in [3.05, 3.63) is 66.7 Å². The SMILES string of the molecule is CC(C)Sc1ccccc1NC(=O)c1cc(-n2cccn2)ccn1. The predicted octanol–water partition coefficient (Wildman–Crippen LogP) is 4.02. The van der Waals surface area contributed by atoms with Crippen LogP contribution in [0.25, 0.3) is 5.69 Å². The van der Waals surface area contributed by atoms with Gasteiger partial charge in [0.2, 0.25) is 0 Å². The molecule has 2 heterocycles. The first-order chi connectivity index (χ1) is 11.6. The first kappa shape index (κ1) is 16.3. The summed E-state index contributed by atoms with van der Waals surface area (Å²) in [4.78, 5) is 17.8. The summed E-state index contributed by atoms with van der Waals surface area (Å²) < 4.78 is 1.70. The normalized spacial score (nSPS) is 10.8. The Hall–Kier alpha value is -2.60. The third-order valence-electron chi connectivity index (χ3n) is 3.24. The number of para-hydroxylation sites is 1. The van der Waals surface area contributed by atoms with E-state index in [4.69, 9.17) is 0 Å². The molecule has 0 aliphatic rings. The zero-order valence-corrected chi connectivity index (χ0v) is 14.3. The molecule has 1 N–H and O–H groups in total. The number of pyridine rings is 1. The predicted molar refractivity (Wildman–Crippen MR) is 96.7 cm³/mol. The maximum atomic E-state index is 12.6. The largest absolute Gasteiger partial charge is 0.320 e. The van der Waals surface area contributed by atoms with Gasteiger partial charge in [0.25, 0.3) is 5.91 Å². The average molecular weight is 338 g/mol. The van der Waals surface area contributed by atoms with Crippen molar-refractivity contribution in [3.8, 4) is 5.69 Å². The molecule has 6 heteroatoms. The van der Waals surface area contributed by atoms with Crippen LogP contribution in [0.3, 0.4) is 0 Å². The number of anilines is 1. The number of nitrogens with zero attached hydrogens (tertiary/aromatic N) is 3. The van der Waals surface area contributed by atoms with Gasteiger partial charge in [0.1, 0.15) is 5.69 Å². The minimum absolute atomic E-state index is 0.235. The lowest BCUT2D eigenvalue weighted by Crippen LogP contribution is -2.15. The second kappa shape index (κ2) is 7.31. The van der Waals surface area contributed by atoms with E-state index >= 15 is 0 Å². The Kier molecular flexibility index (Phi) is 4.96. The van der Waals surface area contributed by atoms with Gasteiger partial charge in [0.05, 0.1) is 11.4 Å². The van der Waals surface area contributed by atoms with E-state index in [1.807, 2.05) is 42.6 Å². The monoisotopic (exact) mass is 338 g/mol. The van der Waals surface area contributed by atoms with Gasteiger partial charge in [-0.25, -0.2) is 4.68 Å². The lowest BCUT2D eigenvalue weighted by molar-refractivity contribution is 0.102. The molecule has 2 aromatic heterocycles. The molecule has 0 atom stereocenters. The highest BCUT2D eigenvalue weighted by Gasteiger charge is 2.12. The van der Waals surface area contributed by atoms with Crippen molar-refractivity contribution in [1.82, 2.24) is 14.8 Å². The molecule has 0 saturated heterocycles. The summed E-state index contributed by atoms with van der Waals surface area (Å²) in [7, 11) is 0. The molecule has 24 heavy (non-hydrogen) atoms. The van der Waals surface area contributed by atoms with Crippen LogP contribution in [0, 0.1) is 0 Å². The van der Waals surface area contributed by atoms with E-state index in [1.54, 1.807) is 34.9 Å².